The lowest BCUT2D eigenvalue weighted by Crippen LogP contribution is -1.84. The van der Waals surface area contributed by atoms with Crippen molar-refractivity contribution in [1.82, 2.24) is 0 Å². The van der Waals surface area contributed by atoms with Gasteiger partial charge in [-0.05, 0) is 49.6 Å². The van der Waals surface area contributed by atoms with Crippen LogP contribution < -0.4 is 4.74 Å². The van der Waals surface area contributed by atoms with Gasteiger partial charge in [-0.15, -0.1) is 0 Å². The van der Waals surface area contributed by atoms with E-state index < -0.39 is 0 Å². The van der Waals surface area contributed by atoms with Crippen molar-refractivity contribution in [3.8, 4) is 5.75 Å². The van der Waals surface area contributed by atoms with Gasteiger partial charge in [0.05, 0.1) is 6.26 Å². The average Bonchev–Trinajstić information content (AvgIpc) is 2.42. The van der Waals surface area contributed by atoms with Gasteiger partial charge in [0.25, 0.3) is 0 Å². The van der Waals surface area contributed by atoms with E-state index >= 15 is 0 Å². The maximum atomic E-state index is 10.4. The zero-order valence-electron chi connectivity index (χ0n) is 10.4. The number of unbranched alkanes of at least 4 members (excludes halogenated alkanes) is 4. The predicted molar refractivity (Wildman–Crippen MR) is 70.7 cm³/mol. The third-order valence-electron chi connectivity index (χ3n) is 2.51. The van der Waals surface area contributed by atoms with Crippen molar-refractivity contribution in [2.75, 3.05) is 0 Å². The number of carbonyl (C=O) groups is 2. The molecule has 0 saturated heterocycles. The first kappa shape index (κ1) is 14.2. The molecule has 18 heavy (non-hydrogen) atoms. The van der Waals surface area contributed by atoms with Crippen molar-refractivity contribution >= 4 is 12.6 Å². The molecule has 1 rings (SSSR count). The molecular formula is C15H18O3. The fourth-order valence-corrected chi connectivity index (χ4v) is 1.49. The van der Waals surface area contributed by atoms with E-state index in [1.165, 1.54) is 0 Å². The van der Waals surface area contributed by atoms with Crippen LogP contribution in [0, 0.1) is 0 Å². The lowest BCUT2D eigenvalue weighted by molar-refractivity contribution is -0.107. The summed E-state index contributed by atoms with van der Waals surface area (Å²) in [6.07, 6.45) is 10.1. The van der Waals surface area contributed by atoms with Crippen LogP contribution in [0.4, 0.5) is 0 Å². The summed E-state index contributed by atoms with van der Waals surface area (Å²) < 4.78 is 5.38. The molecule has 0 aromatic heterocycles. The zero-order chi connectivity index (χ0) is 13.1. The van der Waals surface area contributed by atoms with Gasteiger partial charge in [0.2, 0.25) is 0 Å². The third-order valence-corrected chi connectivity index (χ3v) is 2.51. The van der Waals surface area contributed by atoms with Crippen LogP contribution in [0.25, 0.3) is 0 Å². The summed E-state index contributed by atoms with van der Waals surface area (Å²) >= 11 is 0. The Hall–Kier alpha value is -1.90. The molecule has 1 aromatic rings. The number of carbonyl (C=O) groups excluding carboxylic acids is 2. The number of hydrogen-bond donors (Lipinski definition) is 0. The maximum Gasteiger partial charge on any atom is 0.150 e. The molecule has 0 amide bonds. The van der Waals surface area contributed by atoms with Crippen molar-refractivity contribution in [2.24, 2.45) is 0 Å². The highest BCUT2D eigenvalue weighted by Crippen LogP contribution is 2.11. The fourth-order valence-electron chi connectivity index (χ4n) is 1.49. The second-order valence-corrected chi connectivity index (χ2v) is 3.98. The number of hydrogen-bond acceptors (Lipinski definition) is 3. The number of allylic oxidation sites excluding steroid dienone is 1. The molecule has 0 heterocycles. The van der Waals surface area contributed by atoms with Crippen molar-refractivity contribution in [2.45, 2.75) is 32.1 Å². The third kappa shape index (κ3) is 5.99. The molecule has 0 unspecified atom stereocenters. The summed E-state index contributed by atoms with van der Waals surface area (Å²) in [5.74, 6) is 0.720. The fraction of sp³-hybridized carbons (Fsp3) is 0.333. The van der Waals surface area contributed by atoms with Gasteiger partial charge in [-0.2, -0.15) is 0 Å². The van der Waals surface area contributed by atoms with E-state index in [-0.39, 0.29) is 0 Å². The van der Waals surface area contributed by atoms with E-state index in [9.17, 15) is 9.59 Å². The molecule has 3 nitrogen and oxygen atoms in total. The number of rotatable bonds is 9. The van der Waals surface area contributed by atoms with Gasteiger partial charge in [-0.1, -0.05) is 6.42 Å². The summed E-state index contributed by atoms with van der Waals surface area (Å²) in [7, 11) is 0. The SMILES string of the molecule is O=CCCCCC/C=C/Oc1ccc(C=O)cc1. The Labute approximate surface area is 107 Å². The van der Waals surface area contributed by atoms with E-state index in [0.717, 1.165) is 44.0 Å². The minimum absolute atomic E-state index is 0.640. The summed E-state index contributed by atoms with van der Waals surface area (Å²) in [4.78, 5) is 20.5. The van der Waals surface area contributed by atoms with Crippen LogP contribution in [0.5, 0.6) is 5.75 Å². The number of ether oxygens (including phenoxy) is 1. The summed E-state index contributed by atoms with van der Waals surface area (Å²) in [6.45, 7) is 0. The Bertz CT molecular complexity index is 379. The quantitative estimate of drug-likeness (QED) is 0.380. The first-order valence-corrected chi connectivity index (χ1v) is 6.17. The van der Waals surface area contributed by atoms with Gasteiger partial charge in [0.15, 0.2) is 0 Å². The molecule has 0 spiro atoms. The Balaban J connectivity index is 2.15. The minimum atomic E-state index is 0.640. The average molecular weight is 246 g/mol. The highest BCUT2D eigenvalue weighted by molar-refractivity contribution is 5.74. The standard InChI is InChI=1S/C15H18O3/c16-11-5-3-1-2-4-6-12-18-15-9-7-14(13-17)8-10-15/h6-13H,1-5H2/b12-6+. The molecule has 0 aliphatic rings. The summed E-state index contributed by atoms with van der Waals surface area (Å²) in [5.41, 5.74) is 0.640. The van der Waals surface area contributed by atoms with Crippen LogP contribution in [0.2, 0.25) is 0 Å². The second kappa shape index (κ2) is 9.16. The minimum Gasteiger partial charge on any atom is -0.465 e. The molecule has 96 valence electrons. The smallest absolute Gasteiger partial charge is 0.150 e. The Morgan fingerprint density at radius 2 is 1.67 bits per heavy atom. The first-order valence-electron chi connectivity index (χ1n) is 6.17. The van der Waals surface area contributed by atoms with Crippen LogP contribution in [-0.4, -0.2) is 12.6 Å². The molecule has 0 radical (unpaired) electrons. The molecule has 0 fully saturated rings. The first-order chi connectivity index (χ1) is 8.86. The highest BCUT2D eigenvalue weighted by atomic mass is 16.5. The van der Waals surface area contributed by atoms with Gasteiger partial charge < -0.3 is 9.53 Å². The summed E-state index contributed by atoms with van der Waals surface area (Å²) in [6, 6.07) is 6.96. The summed E-state index contributed by atoms with van der Waals surface area (Å²) in [5, 5.41) is 0. The van der Waals surface area contributed by atoms with E-state index in [1.807, 2.05) is 6.08 Å². The van der Waals surface area contributed by atoms with Crippen LogP contribution >= 0.6 is 0 Å². The van der Waals surface area contributed by atoms with Gasteiger partial charge >= 0.3 is 0 Å². The van der Waals surface area contributed by atoms with E-state index in [4.69, 9.17) is 4.74 Å². The number of aldehydes is 2. The molecule has 1 aromatic carbocycles. The molecule has 0 aliphatic heterocycles. The normalized spacial score (nSPS) is 10.4. The molecule has 0 N–H and O–H groups in total. The largest absolute Gasteiger partial charge is 0.465 e. The van der Waals surface area contributed by atoms with Crippen molar-refractivity contribution in [1.29, 1.82) is 0 Å². The van der Waals surface area contributed by atoms with Gasteiger partial charge in [0, 0.05) is 12.0 Å². The molecule has 0 atom stereocenters. The van der Waals surface area contributed by atoms with E-state index in [1.54, 1.807) is 30.5 Å². The molecule has 0 bridgehead atoms. The predicted octanol–water partition coefficient (Wildman–Crippen LogP) is 3.54. The van der Waals surface area contributed by atoms with Gasteiger partial charge in [0.1, 0.15) is 18.3 Å². The van der Waals surface area contributed by atoms with Crippen molar-refractivity contribution < 1.29 is 14.3 Å². The molecular weight excluding hydrogens is 228 g/mol. The van der Waals surface area contributed by atoms with E-state index in [2.05, 4.69) is 0 Å². The molecule has 0 aliphatic carbocycles. The monoisotopic (exact) mass is 246 g/mol. The molecule has 0 saturated carbocycles. The van der Waals surface area contributed by atoms with Crippen molar-refractivity contribution in [3.63, 3.8) is 0 Å². The Morgan fingerprint density at radius 3 is 2.33 bits per heavy atom. The van der Waals surface area contributed by atoms with Crippen LogP contribution in [-0.2, 0) is 4.79 Å². The maximum absolute atomic E-state index is 10.4. The molecule has 3 heteroatoms. The lowest BCUT2D eigenvalue weighted by atomic mass is 10.1. The van der Waals surface area contributed by atoms with E-state index in [0.29, 0.717) is 12.0 Å². The van der Waals surface area contributed by atoms with Crippen LogP contribution in [0.3, 0.4) is 0 Å². The topological polar surface area (TPSA) is 43.4 Å². The van der Waals surface area contributed by atoms with Crippen molar-refractivity contribution in [3.05, 3.63) is 42.2 Å². The number of benzene rings is 1. The zero-order valence-corrected chi connectivity index (χ0v) is 10.4. The van der Waals surface area contributed by atoms with Gasteiger partial charge in [-0.3, -0.25) is 4.79 Å². The Morgan fingerprint density at radius 1 is 0.944 bits per heavy atom. The second-order valence-electron chi connectivity index (χ2n) is 3.98. The van der Waals surface area contributed by atoms with Crippen LogP contribution in [0.15, 0.2) is 36.6 Å². The Kier molecular flexibility index (Phi) is 7.21. The lowest BCUT2D eigenvalue weighted by Gasteiger charge is -1.99. The van der Waals surface area contributed by atoms with Gasteiger partial charge in [-0.25, -0.2) is 0 Å². The van der Waals surface area contributed by atoms with Crippen LogP contribution in [0.1, 0.15) is 42.5 Å². The highest BCUT2D eigenvalue weighted by Gasteiger charge is 1.92.